The molecule has 14 heavy (non-hydrogen) atoms. The molecule has 1 rings (SSSR count). The number of amides is 1. The molecule has 0 aromatic heterocycles. The van der Waals surface area contributed by atoms with E-state index in [2.05, 4.69) is 0 Å². The van der Waals surface area contributed by atoms with Crippen molar-refractivity contribution >= 4 is 5.91 Å². The summed E-state index contributed by atoms with van der Waals surface area (Å²) < 4.78 is 13.1. The van der Waals surface area contributed by atoms with Gasteiger partial charge in [-0.3, -0.25) is 4.79 Å². The molecule has 76 valence electrons. The molecular formula is C11H14FNO. The fourth-order valence-electron chi connectivity index (χ4n) is 1.12. The van der Waals surface area contributed by atoms with Crippen molar-refractivity contribution in [3.63, 3.8) is 0 Å². The molecule has 0 aliphatic rings. The van der Waals surface area contributed by atoms with Gasteiger partial charge in [0.2, 0.25) is 5.91 Å². The van der Waals surface area contributed by atoms with Crippen LogP contribution in [-0.4, -0.2) is 17.9 Å². The topological polar surface area (TPSA) is 20.3 Å². The fourth-order valence-corrected chi connectivity index (χ4v) is 1.12. The molecule has 3 heteroatoms. The third-order valence-electron chi connectivity index (χ3n) is 2.19. The summed E-state index contributed by atoms with van der Waals surface area (Å²) in [6.45, 7) is 3.66. The summed E-state index contributed by atoms with van der Waals surface area (Å²) in [5.74, 6) is -0.245. The van der Waals surface area contributed by atoms with Gasteiger partial charge in [-0.1, -0.05) is 12.1 Å². The first kappa shape index (κ1) is 10.7. The van der Waals surface area contributed by atoms with Crippen LogP contribution < -0.4 is 0 Å². The van der Waals surface area contributed by atoms with Crippen LogP contribution in [0.5, 0.6) is 0 Å². The highest BCUT2D eigenvalue weighted by Crippen LogP contribution is 2.10. The standard InChI is InChI=1S/C11H14FNO/c1-8-4-5-10(6-11(8)12)7-13(3)9(2)14/h4-6H,7H2,1-3H3. The molecule has 0 aliphatic heterocycles. The highest BCUT2D eigenvalue weighted by atomic mass is 19.1. The van der Waals surface area contributed by atoms with Crippen molar-refractivity contribution in [1.82, 2.24) is 4.90 Å². The van der Waals surface area contributed by atoms with Crippen LogP contribution in [0.4, 0.5) is 4.39 Å². The van der Waals surface area contributed by atoms with Crippen molar-refractivity contribution in [1.29, 1.82) is 0 Å². The van der Waals surface area contributed by atoms with Crippen molar-refractivity contribution in [2.75, 3.05) is 7.05 Å². The van der Waals surface area contributed by atoms with Crippen molar-refractivity contribution in [2.45, 2.75) is 20.4 Å². The minimum atomic E-state index is -0.223. The number of carbonyl (C=O) groups is 1. The molecule has 0 saturated carbocycles. The maximum Gasteiger partial charge on any atom is 0.219 e. The highest BCUT2D eigenvalue weighted by molar-refractivity contribution is 5.72. The van der Waals surface area contributed by atoms with E-state index in [0.29, 0.717) is 12.1 Å². The van der Waals surface area contributed by atoms with E-state index in [1.54, 1.807) is 24.9 Å². The lowest BCUT2D eigenvalue weighted by atomic mass is 10.1. The molecule has 1 aromatic carbocycles. The Kier molecular flexibility index (Phi) is 3.23. The van der Waals surface area contributed by atoms with Crippen LogP contribution in [-0.2, 0) is 11.3 Å². The van der Waals surface area contributed by atoms with Crippen molar-refractivity contribution in [3.8, 4) is 0 Å². The molecule has 1 amide bonds. The number of nitrogens with zero attached hydrogens (tertiary/aromatic N) is 1. The van der Waals surface area contributed by atoms with Gasteiger partial charge in [0.05, 0.1) is 0 Å². The zero-order valence-corrected chi connectivity index (χ0v) is 8.67. The molecule has 0 aliphatic carbocycles. The van der Waals surface area contributed by atoms with Crippen molar-refractivity contribution in [2.24, 2.45) is 0 Å². The highest BCUT2D eigenvalue weighted by Gasteiger charge is 2.04. The molecule has 2 nitrogen and oxygen atoms in total. The third-order valence-corrected chi connectivity index (χ3v) is 2.19. The van der Waals surface area contributed by atoms with Crippen LogP contribution in [0.3, 0.4) is 0 Å². The number of hydrogen-bond acceptors (Lipinski definition) is 1. The van der Waals surface area contributed by atoms with Crippen LogP contribution in [0.25, 0.3) is 0 Å². The lowest BCUT2D eigenvalue weighted by Crippen LogP contribution is -2.23. The van der Waals surface area contributed by atoms with Gasteiger partial charge in [-0.15, -0.1) is 0 Å². The number of halogens is 1. The molecule has 0 unspecified atom stereocenters. The monoisotopic (exact) mass is 195 g/mol. The Hall–Kier alpha value is -1.38. The third kappa shape index (κ3) is 2.55. The molecule has 1 aromatic rings. The maximum atomic E-state index is 13.1. The van der Waals surface area contributed by atoms with E-state index in [-0.39, 0.29) is 11.7 Å². The normalized spacial score (nSPS) is 10.0. The van der Waals surface area contributed by atoms with E-state index in [0.717, 1.165) is 5.56 Å². The number of benzene rings is 1. The molecule has 0 heterocycles. The predicted octanol–water partition coefficient (Wildman–Crippen LogP) is 2.11. The Morgan fingerprint density at radius 3 is 2.64 bits per heavy atom. The quantitative estimate of drug-likeness (QED) is 0.707. The molecule has 0 saturated heterocycles. The Morgan fingerprint density at radius 1 is 1.50 bits per heavy atom. The number of carbonyl (C=O) groups excluding carboxylic acids is 1. The van der Waals surface area contributed by atoms with Crippen LogP contribution in [0.2, 0.25) is 0 Å². The average Bonchev–Trinajstić information content (AvgIpc) is 2.11. The minimum Gasteiger partial charge on any atom is -0.342 e. The van der Waals surface area contributed by atoms with Gasteiger partial charge in [-0.2, -0.15) is 0 Å². The van der Waals surface area contributed by atoms with E-state index in [1.165, 1.54) is 13.0 Å². The first-order valence-electron chi connectivity index (χ1n) is 4.47. The van der Waals surface area contributed by atoms with Gasteiger partial charge in [-0.05, 0) is 24.1 Å². The molecule has 0 N–H and O–H groups in total. The number of hydrogen-bond donors (Lipinski definition) is 0. The van der Waals surface area contributed by atoms with E-state index in [1.807, 2.05) is 6.07 Å². The summed E-state index contributed by atoms with van der Waals surface area (Å²) >= 11 is 0. The Morgan fingerprint density at radius 2 is 2.14 bits per heavy atom. The van der Waals surface area contributed by atoms with Gasteiger partial charge < -0.3 is 4.90 Å². The van der Waals surface area contributed by atoms with Gasteiger partial charge in [0, 0.05) is 20.5 Å². The van der Waals surface area contributed by atoms with Crippen LogP contribution in [0.1, 0.15) is 18.1 Å². The summed E-state index contributed by atoms with van der Waals surface area (Å²) in [5, 5.41) is 0. The first-order valence-corrected chi connectivity index (χ1v) is 4.47. The molecular weight excluding hydrogens is 181 g/mol. The van der Waals surface area contributed by atoms with E-state index in [4.69, 9.17) is 0 Å². The van der Waals surface area contributed by atoms with Crippen molar-refractivity contribution in [3.05, 3.63) is 35.1 Å². The Labute approximate surface area is 83.3 Å². The maximum absolute atomic E-state index is 13.1. The van der Waals surface area contributed by atoms with Crippen LogP contribution >= 0.6 is 0 Å². The number of rotatable bonds is 2. The summed E-state index contributed by atoms with van der Waals surface area (Å²) in [4.78, 5) is 12.5. The fraction of sp³-hybridized carbons (Fsp3) is 0.364. The van der Waals surface area contributed by atoms with Gasteiger partial charge >= 0.3 is 0 Å². The van der Waals surface area contributed by atoms with Crippen LogP contribution in [0, 0.1) is 12.7 Å². The molecule has 0 radical (unpaired) electrons. The number of aryl methyl sites for hydroxylation is 1. The molecule has 0 atom stereocenters. The average molecular weight is 195 g/mol. The second-order valence-corrected chi connectivity index (χ2v) is 3.46. The van der Waals surface area contributed by atoms with Gasteiger partial charge in [0.15, 0.2) is 0 Å². The van der Waals surface area contributed by atoms with Gasteiger partial charge in [0.1, 0.15) is 5.82 Å². The molecule has 0 fully saturated rings. The SMILES string of the molecule is CC(=O)N(C)Cc1ccc(C)c(F)c1. The largest absolute Gasteiger partial charge is 0.342 e. The summed E-state index contributed by atoms with van der Waals surface area (Å²) in [6, 6.07) is 5.02. The van der Waals surface area contributed by atoms with Gasteiger partial charge in [-0.25, -0.2) is 4.39 Å². The minimum absolute atomic E-state index is 0.0222. The molecule has 0 spiro atoms. The molecule has 0 bridgehead atoms. The predicted molar refractivity (Wildman–Crippen MR) is 53.3 cm³/mol. The van der Waals surface area contributed by atoms with E-state index < -0.39 is 0 Å². The summed E-state index contributed by atoms with van der Waals surface area (Å²) in [7, 11) is 1.69. The smallest absolute Gasteiger partial charge is 0.219 e. The summed E-state index contributed by atoms with van der Waals surface area (Å²) in [6.07, 6.45) is 0. The Bertz CT molecular complexity index is 349. The van der Waals surface area contributed by atoms with Crippen molar-refractivity contribution < 1.29 is 9.18 Å². The zero-order chi connectivity index (χ0) is 10.7. The zero-order valence-electron chi connectivity index (χ0n) is 8.67. The Balaban J connectivity index is 2.78. The second-order valence-electron chi connectivity index (χ2n) is 3.46. The second kappa shape index (κ2) is 4.22. The lowest BCUT2D eigenvalue weighted by molar-refractivity contribution is -0.128. The lowest BCUT2D eigenvalue weighted by Gasteiger charge is -2.14. The van der Waals surface area contributed by atoms with Crippen LogP contribution in [0.15, 0.2) is 18.2 Å². The summed E-state index contributed by atoms with van der Waals surface area (Å²) in [5.41, 5.74) is 1.44. The van der Waals surface area contributed by atoms with E-state index in [9.17, 15) is 9.18 Å². The first-order chi connectivity index (χ1) is 6.50. The van der Waals surface area contributed by atoms with E-state index >= 15 is 0 Å². The van der Waals surface area contributed by atoms with Gasteiger partial charge in [0.25, 0.3) is 0 Å².